The van der Waals surface area contributed by atoms with Crippen molar-refractivity contribution in [1.82, 2.24) is 5.32 Å². The molecule has 0 aliphatic heterocycles. The number of nitrogens with one attached hydrogen (secondary N) is 1. The van der Waals surface area contributed by atoms with Gasteiger partial charge in [0.2, 0.25) is 0 Å². The van der Waals surface area contributed by atoms with Crippen molar-refractivity contribution in [3.05, 3.63) is 64.7 Å². The third kappa shape index (κ3) is 7.78. The number of esters is 1. The fourth-order valence-electron chi connectivity index (χ4n) is 2.86. The Hall–Kier alpha value is -2.53. The van der Waals surface area contributed by atoms with Crippen LogP contribution in [0.15, 0.2) is 48.5 Å². The zero-order valence-electron chi connectivity index (χ0n) is 16.9. The van der Waals surface area contributed by atoms with E-state index in [0.717, 1.165) is 24.8 Å². The molecule has 29 heavy (non-hydrogen) atoms. The predicted octanol–water partition coefficient (Wildman–Crippen LogP) is 4.81. The minimum atomic E-state index is -0.587. The highest BCUT2D eigenvalue weighted by molar-refractivity contribution is 6.30. The lowest BCUT2D eigenvalue weighted by Gasteiger charge is -2.17. The summed E-state index contributed by atoms with van der Waals surface area (Å²) in [4.78, 5) is 24.0. The molecule has 0 heterocycles. The molecule has 2 rings (SSSR count). The first-order valence-electron chi connectivity index (χ1n) is 9.90. The van der Waals surface area contributed by atoms with E-state index in [1.807, 2.05) is 24.3 Å². The molecule has 0 bridgehead atoms. The Bertz CT molecular complexity index is 774. The Morgan fingerprint density at radius 3 is 2.34 bits per heavy atom. The van der Waals surface area contributed by atoms with E-state index in [1.165, 1.54) is 7.11 Å². The molecule has 0 radical (unpaired) electrons. The number of unbranched alkanes of at least 4 members (excludes halogenated alkanes) is 2. The SMILES string of the molecule is CCCCCC(Oc1ccc(CCNC(=O)c2ccc(Cl)cc2)cc1)C(=O)OC. The Kier molecular flexibility index (Phi) is 9.51. The van der Waals surface area contributed by atoms with E-state index in [2.05, 4.69) is 12.2 Å². The van der Waals surface area contributed by atoms with Crippen LogP contribution in [0.25, 0.3) is 0 Å². The molecule has 5 nitrogen and oxygen atoms in total. The molecule has 0 aliphatic rings. The maximum Gasteiger partial charge on any atom is 0.347 e. The van der Waals surface area contributed by atoms with E-state index in [1.54, 1.807) is 24.3 Å². The summed E-state index contributed by atoms with van der Waals surface area (Å²) in [6.45, 7) is 2.63. The lowest BCUT2D eigenvalue weighted by Crippen LogP contribution is -2.28. The molecule has 1 atom stereocenters. The van der Waals surface area contributed by atoms with Gasteiger partial charge in [-0.1, -0.05) is 43.5 Å². The summed E-state index contributed by atoms with van der Waals surface area (Å²) in [7, 11) is 1.37. The number of hydrogen-bond acceptors (Lipinski definition) is 4. The number of rotatable bonds is 11. The van der Waals surface area contributed by atoms with Gasteiger partial charge < -0.3 is 14.8 Å². The van der Waals surface area contributed by atoms with E-state index in [0.29, 0.717) is 35.7 Å². The van der Waals surface area contributed by atoms with E-state index >= 15 is 0 Å². The van der Waals surface area contributed by atoms with Crippen LogP contribution in [-0.2, 0) is 16.0 Å². The molecule has 1 unspecified atom stereocenters. The Balaban J connectivity index is 1.83. The van der Waals surface area contributed by atoms with Crippen LogP contribution >= 0.6 is 11.6 Å². The fourth-order valence-corrected chi connectivity index (χ4v) is 2.98. The van der Waals surface area contributed by atoms with Crippen molar-refractivity contribution in [1.29, 1.82) is 0 Å². The molecule has 156 valence electrons. The number of methoxy groups -OCH3 is 1. The molecule has 2 aromatic rings. The number of carbonyl (C=O) groups is 2. The van der Waals surface area contributed by atoms with Gasteiger partial charge in [-0.2, -0.15) is 0 Å². The smallest absolute Gasteiger partial charge is 0.347 e. The third-order valence-electron chi connectivity index (χ3n) is 4.54. The lowest BCUT2D eigenvalue weighted by atomic mass is 10.1. The normalized spacial score (nSPS) is 11.6. The first kappa shape index (κ1) is 22.8. The summed E-state index contributed by atoms with van der Waals surface area (Å²) in [6, 6.07) is 14.3. The zero-order chi connectivity index (χ0) is 21.1. The van der Waals surface area contributed by atoms with Gasteiger partial charge in [0.1, 0.15) is 5.75 Å². The second kappa shape index (κ2) is 12.1. The number of halogens is 1. The molecular formula is C23H28ClNO4. The molecule has 0 aromatic heterocycles. The van der Waals surface area contributed by atoms with Crippen LogP contribution in [-0.4, -0.2) is 31.6 Å². The Labute approximate surface area is 177 Å². The largest absolute Gasteiger partial charge is 0.479 e. The second-order valence-corrected chi connectivity index (χ2v) is 7.22. The summed E-state index contributed by atoms with van der Waals surface area (Å²) in [6.07, 6.45) is 3.79. The van der Waals surface area contributed by atoms with Crippen molar-refractivity contribution in [2.45, 2.75) is 45.1 Å². The van der Waals surface area contributed by atoms with Gasteiger partial charge in [0.25, 0.3) is 5.91 Å². The highest BCUT2D eigenvalue weighted by atomic mass is 35.5. The monoisotopic (exact) mass is 417 g/mol. The average molecular weight is 418 g/mol. The van der Waals surface area contributed by atoms with Gasteiger partial charge in [-0.25, -0.2) is 4.79 Å². The number of hydrogen-bond donors (Lipinski definition) is 1. The Morgan fingerprint density at radius 1 is 1.03 bits per heavy atom. The summed E-state index contributed by atoms with van der Waals surface area (Å²) in [5.74, 6) is 0.149. The lowest BCUT2D eigenvalue weighted by molar-refractivity contribution is -0.149. The maximum atomic E-state index is 12.1. The van der Waals surface area contributed by atoms with Crippen LogP contribution < -0.4 is 10.1 Å². The molecule has 6 heteroatoms. The highest BCUT2D eigenvalue weighted by Crippen LogP contribution is 2.18. The summed E-state index contributed by atoms with van der Waals surface area (Å²) >= 11 is 5.83. The van der Waals surface area contributed by atoms with Crippen molar-refractivity contribution in [2.24, 2.45) is 0 Å². The van der Waals surface area contributed by atoms with E-state index in [-0.39, 0.29) is 11.9 Å². The van der Waals surface area contributed by atoms with Crippen molar-refractivity contribution in [2.75, 3.05) is 13.7 Å². The van der Waals surface area contributed by atoms with E-state index < -0.39 is 6.10 Å². The maximum absolute atomic E-state index is 12.1. The van der Waals surface area contributed by atoms with Gasteiger partial charge in [0, 0.05) is 17.1 Å². The molecule has 0 saturated carbocycles. The Morgan fingerprint density at radius 2 is 1.72 bits per heavy atom. The zero-order valence-corrected chi connectivity index (χ0v) is 17.7. The van der Waals surface area contributed by atoms with Gasteiger partial charge in [0.15, 0.2) is 6.10 Å². The van der Waals surface area contributed by atoms with Crippen molar-refractivity contribution < 1.29 is 19.1 Å². The topological polar surface area (TPSA) is 64.6 Å². The van der Waals surface area contributed by atoms with Gasteiger partial charge in [0.05, 0.1) is 7.11 Å². The second-order valence-electron chi connectivity index (χ2n) is 6.78. The van der Waals surface area contributed by atoms with Crippen molar-refractivity contribution >= 4 is 23.5 Å². The first-order valence-corrected chi connectivity index (χ1v) is 10.3. The minimum absolute atomic E-state index is 0.130. The van der Waals surface area contributed by atoms with Crippen LogP contribution in [0.3, 0.4) is 0 Å². The molecule has 1 amide bonds. The highest BCUT2D eigenvalue weighted by Gasteiger charge is 2.20. The fraction of sp³-hybridized carbons (Fsp3) is 0.391. The van der Waals surface area contributed by atoms with Crippen molar-refractivity contribution in [3.8, 4) is 5.75 Å². The molecule has 2 aromatic carbocycles. The van der Waals surface area contributed by atoms with Gasteiger partial charge in [-0.05, 0) is 61.2 Å². The molecule has 0 spiro atoms. The van der Waals surface area contributed by atoms with Gasteiger partial charge in [-0.15, -0.1) is 0 Å². The summed E-state index contributed by atoms with van der Waals surface area (Å²) in [5, 5.41) is 3.49. The number of ether oxygens (including phenoxy) is 2. The third-order valence-corrected chi connectivity index (χ3v) is 4.79. The quantitative estimate of drug-likeness (QED) is 0.420. The first-order chi connectivity index (χ1) is 14.0. The van der Waals surface area contributed by atoms with Crippen molar-refractivity contribution in [3.63, 3.8) is 0 Å². The van der Waals surface area contributed by atoms with E-state index in [4.69, 9.17) is 21.1 Å². The predicted molar refractivity (Wildman–Crippen MR) is 115 cm³/mol. The van der Waals surface area contributed by atoms with Crippen LogP contribution in [0.2, 0.25) is 5.02 Å². The van der Waals surface area contributed by atoms with Gasteiger partial charge in [-0.3, -0.25) is 4.79 Å². The molecule has 0 fully saturated rings. The van der Waals surface area contributed by atoms with Crippen LogP contribution in [0, 0.1) is 0 Å². The summed E-state index contributed by atoms with van der Waals surface area (Å²) in [5.41, 5.74) is 1.64. The number of amides is 1. The van der Waals surface area contributed by atoms with E-state index in [9.17, 15) is 9.59 Å². The number of benzene rings is 2. The molecular weight excluding hydrogens is 390 g/mol. The average Bonchev–Trinajstić information content (AvgIpc) is 2.74. The number of carbonyl (C=O) groups excluding carboxylic acids is 2. The van der Waals surface area contributed by atoms with Crippen LogP contribution in [0.4, 0.5) is 0 Å². The van der Waals surface area contributed by atoms with Crippen LogP contribution in [0.5, 0.6) is 5.75 Å². The van der Waals surface area contributed by atoms with Gasteiger partial charge >= 0.3 is 5.97 Å². The summed E-state index contributed by atoms with van der Waals surface area (Å²) < 4.78 is 10.7. The standard InChI is InChI=1S/C23H28ClNO4/c1-3-4-5-6-21(23(27)28-2)29-20-13-7-17(8-14-20)15-16-25-22(26)18-9-11-19(24)12-10-18/h7-14,21H,3-6,15-16H2,1-2H3,(H,25,26). The minimum Gasteiger partial charge on any atom is -0.479 e. The molecule has 1 N–H and O–H groups in total. The van der Waals surface area contributed by atoms with Crippen LogP contribution in [0.1, 0.15) is 48.5 Å². The molecule has 0 aliphatic carbocycles. The molecule has 0 saturated heterocycles.